The van der Waals surface area contributed by atoms with E-state index >= 15 is 0 Å². The van der Waals surface area contributed by atoms with Gasteiger partial charge in [0, 0.05) is 6.54 Å². The maximum Gasteiger partial charge on any atom is 0.250 e. The van der Waals surface area contributed by atoms with Crippen molar-refractivity contribution in [3.63, 3.8) is 0 Å². The molecule has 164 valence electrons. The smallest absolute Gasteiger partial charge is 0.250 e. The Labute approximate surface area is 188 Å². The SMILES string of the molecule is N[C@@H](Cc1ccccc1)c1nnc(S(=O)(=O)Cc2ccccc2)n1CCc1ccccc1. The molecule has 0 radical (unpaired) electrons. The van der Waals surface area contributed by atoms with E-state index in [2.05, 4.69) is 10.2 Å². The van der Waals surface area contributed by atoms with E-state index in [1.165, 1.54) is 0 Å². The fourth-order valence-corrected chi connectivity index (χ4v) is 5.16. The van der Waals surface area contributed by atoms with E-state index in [1.807, 2.05) is 78.9 Å². The molecule has 0 aliphatic rings. The summed E-state index contributed by atoms with van der Waals surface area (Å²) >= 11 is 0. The Hall–Kier alpha value is -3.29. The highest BCUT2D eigenvalue weighted by Crippen LogP contribution is 2.21. The third kappa shape index (κ3) is 5.30. The van der Waals surface area contributed by atoms with Crippen LogP contribution in [0.2, 0.25) is 0 Å². The van der Waals surface area contributed by atoms with E-state index in [4.69, 9.17) is 5.73 Å². The molecule has 6 nitrogen and oxygen atoms in total. The van der Waals surface area contributed by atoms with Gasteiger partial charge in [0.2, 0.25) is 15.0 Å². The average molecular weight is 447 g/mol. The summed E-state index contributed by atoms with van der Waals surface area (Å²) in [6.07, 6.45) is 1.20. The predicted octanol–water partition coefficient (Wildman–Crippen LogP) is 3.74. The maximum absolute atomic E-state index is 13.3. The van der Waals surface area contributed by atoms with Crippen LogP contribution in [0.5, 0.6) is 0 Å². The van der Waals surface area contributed by atoms with Gasteiger partial charge in [0.25, 0.3) is 0 Å². The lowest BCUT2D eigenvalue weighted by Crippen LogP contribution is -2.22. The Morgan fingerprint density at radius 2 is 1.28 bits per heavy atom. The second kappa shape index (κ2) is 9.89. The topological polar surface area (TPSA) is 90.9 Å². The highest BCUT2D eigenvalue weighted by Gasteiger charge is 2.27. The van der Waals surface area contributed by atoms with Gasteiger partial charge in [-0.1, -0.05) is 91.0 Å². The Balaban J connectivity index is 1.66. The van der Waals surface area contributed by atoms with Crippen LogP contribution in [-0.4, -0.2) is 23.2 Å². The van der Waals surface area contributed by atoms with Crippen LogP contribution < -0.4 is 5.73 Å². The van der Waals surface area contributed by atoms with Crippen LogP contribution in [-0.2, 0) is 35.0 Å². The van der Waals surface area contributed by atoms with E-state index in [1.54, 1.807) is 16.7 Å². The van der Waals surface area contributed by atoms with Crippen molar-refractivity contribution in [2.45, 2.75) is 36.3 Å². The zero-order valence-corrected chi connectivity index (χ0v) is 18.5. The third-order valence-corrected chi connectivity index (χ3v) is 6.89. The largest absolute Gasteiger partial charge is 0.321 e. The minimum absolute atomic E-state index is 0.0317. The number of nitrogens with two attached hydrogens (primary N) is 1. The summed E-state index contributed by atoms with van der Waals surface area (Å²) in [6, 6.07) is 28.4. The number of hydrogen-bond donors (Lipinski definition) is 1. The molecule has 0 amide bonds. The van der Waals surface area contributed by atoms with Crippen molar-refractivity contribution in [1.29, 1.82) is 0 Å². The summed E-state index contributed by atoms with van der Waals surface area (Å²) in [6.45, 7) is 0.429. The van der Waals surface area contributed by atoms with Gasteiger partial charge in [-0.25, -0.2) is 8.42 Å². The molecule has 4 rings (SSSR count). The van der Waals surface area contributed by atoms with E-state index in [-0.39, 0.29) is 10.9 Å². The van der Waals surface area contributed by atoms with Crippen molar-refractivity contribution in [3.05, 3.63) is 114 Å². The van der Waals surface area contributed by atoms with Crippen LogP contribution in [0.25, 0.3) is 0 Å². The van der Waals surface area contributed by atoms with Gasteiger partial charge < -0.3 is 10.3 Å². The number of nitrogens with zero attached hydrogens (tertiary/aromatic N) is 3. The molecule has 0 spiro atoms. The van der Waals surface area contributed by atoms with E-state index in [0.717, 1.165) is 11.1 Å². The first-order chi connectivity index (χ1) is 15.5. The molecule has 32 heavy (non-hydrogen) atoms. The molecule has 1 heterocycles. The lowest BCUT2D eigenvalue weighted by Gasteiger charge is -2.15. The summed E-state index contributed by atoms with van der Waals surface area (Å²) in [5, 5.41) is 8.31. The number of rotatable bonds is 9. The highest BCUT2D eigenvalue weighted by molar-refractivity contribution is 7.90. The number of benzene rings is 3. The summed E-state index contributed by atoms with van der Waals surface area (Å²) in [5.41, 5.74) is 9.36. The van der Waals surface area contributed by atoms with Crippen molar-refractivity contribution in [2.24, 2.45) is 5.73 Å². The molecule has 7 heteroatoms. The van der Waals surface area contributed by atoms with Crippen molar-refractivity contribution in [3.8, 4) is 0 Å². The molecule has 0 saturated heterocycles. The van der Waals surface area contributed by atoms with Gasteiger partial charge in [0.15, 0.2) is 5.82 Å². The maximum atomic E-state index is 13.3. The molecular weight excluding hydrogens is 420 g/mol. The van der Waals surface area contributed by atoms with Crippen LogP contribution in [0.4, 0.5) is 0 Å². The quantitative estimate of drug-likeness (QED) is 0.423. The molecule has 1 aromatic heterocycles. The Morgan fingerprint density at radius 1 is 0.750 bits per heavy atom. The van der Waals surface area contributed by atoms with Crippen molar-refractivity contribution >= 4 is 9.84 Å². The minimum Gasteiger partial charge on any atom is -0.321 e. The summed E-state index contributed by atoms with van der Waals surface area (Å²) in [4.78, 5) is 0. The molecule has 1 atom stereocenters. The number of hydrogen-bond acceptors (Lipinski definition) is 5. The van der Waals surface area contributed by atoms with E-state index < -0.39 is 15.9 Å². The second-order valence-electron chi connectivity index (χ2n) is 7.77. The van der Waals surface area contributed by atoms with Gasteiger partial charge in [0.1, 0.15) is 0 Å². The Kier molecular flexibility index (Phi) is 6.78. The van der Waals surface area contributed by atoms with Gasteiger partial charge in [-0.05, 0) is 29.5 Å². The minimum atomic E-state index is -3.70. The molecule has 3 aromatic carbocycles. The first kappa shape index (κ1) is 21.9. The highest BCUT2D eigenvalue weighted by atomic mass is 32.2. The fraction of sp³-hybridized carbons (Fsp3) is 0.200. The zero-order valence-electron chi connectivity index (χ0n) is 17.7. The standard InChI is InChI=1S/C25H26N4O2S/c26-23(18-21-12-6-2-7-13-21)24-27-28-25(29(24)17-16-20-10-4-1-5-11-20)32(30,31)19-22-14-8-3-9-15-22/h1-15,23H,16-19,26H2/t23-/m0/s1. The molecule has 2 N–H and O–H groups in total. The molecule has 0 aliphatic carbocycles. The fourth-order valence-electron chi connectivity index (χ4n) is 3.72. The molecule has 0 unspecified atom stereocenters. The predicted molar refractivity (Wildman–Crippen MR) is 125 cm³/mol. The molecule has 0 saturated carbocycles. The van der Waals surface area contributed by atoms with Crippen molar-refractivity contribution < 1.29 is 8.42 Å². The van der Waals surface area contributed by atoms with Crippen LogP contribution in [0.15, 0.2) is 96.2 Å². The van der Waals surface area contributed by atoms with E-state index in [9.17, 15) is 8.42 Å². The molecule has 4 aromatic rings. The number of sulfone groups is 1. The second-order valence-corrected chi connectivity index (χ2v) is 9.65. The molecule has 0 bridgehead atoms. The third-order valence-electron chi connectivity index (χ3n) is 5.32. The molecule has 0 fully saturated rings. The monoisotopic (exact) mass is 446 g/mol. The Morgan fingerprint density at radius 3 is 1.88 bits per heavy atom. The lowest BCUT2D eigenvalue weighted by atomic mass is 10.1. The van der Waals surface area contributed by atoms with Gasteiger partial charge in [-0.2, -0.15) is 0 Å². The zero-order chi connectivity index (χ0) is 22.4. The normalized spacial score (nSPS) is 12.5. The first-order valence-corrected chi connectivity index (χ1v) is 12.2. The summed E-state index contributed by atoms with van der Waals surface area (Å²) in [7, 11) is -3.70. The van der Waals surface area contributed by atoms with Gasteiger partial charge in [-0.3, -0.25) is 0 Å². The Bertz CT molecular complexity index is 1240. The molecular formula is C25H26N4O2S. The van der Waals surface area contributed by atoms with Crippen LogP contribution in [0.3, 0.4) is 0 Å². The van der Waals surface area contributed by atoms with Gasteiger partial charge in [-0.15, -0.1) is 10.2 Å². The van der Waals surface area contributed by atoms with Crippen LogP contribution >= 0.6 is 0 Å². The number of aromatic nitrogens is 3. The number of aryl methyl sites for hydroxylation is 1. The summed E-state index contributed by atoms with van der Waals surface area (Å²) in [5.74, 6) is 0.349. The van der Waals surface area contributed by atoms with Gasteiger partial charge in [0.05, 0.1) is 11.8 Å². The van der Waals surface area contributed by atoms with Gasteiger partial charge >= 0.3 is 0 Å². The van der Waals surface area contributed by atoms with Crippen molar-refractivity contribution in [2.75, 3.05) is 0 Å². The van der Waals surface area contributed by atoms with Crippen LogP contribution in [0, 0.1) is 0 Å². The van der Waals surface area contributed by atoms with Crippen LogP contribution in [0.1, 0.15) is 28.6 Å². The average Bonchev–Trinajstić information content (AvgIpc) is 3.25. The lowest BCUT2D eigenvalue weighted by molar-refractivity contribution is 0.530. The van der Waals surface area contributed by atoms with E-state index in [0.29, 0.717) is 30.8 Å². The summed E-state index contributed by atoms with van der Waals surface area (Å²) < 4.78 is 28.2. The molecule has 0 aliphatic heterocycles. The first-order valence-electron chi connectivity index (χ1n) is 10.6. The van der Waals surface area contributed by atoms with Crippen molar-refractivity contribution in [1.82, 2.24) is 14.8 Å².